The van der Waals surface area contributed by atoms with E-state index in [2.05, 4.69) is 20.3 Å². The van der Waals surface area contributed by atoms with E-state index in [1.54, 1.807) is 12.1 Å². The Morgan fingerprint density at radius 3 is 2.90 bits per heavy atom. The van der Waals surface area contributed by atoms with Gasteiger partial charge in [-0.3, -0.25) is 9.78 Å². The molecule has 0 spiro atoms. The molecule has 0 bridgehead atoms. The number of pyridine rings is 1. The molecule has 0 aliphatic heterocycles. The Morgan fingerprint density at radius 1 is 1.50 bits per heavy atom. The predicted molar refractivity (Wildman–Crippen MR) is 76.2 cm³/mol. The Labute approximate surface area is 117 Å². The number of rotatable bonds is 4. The fourth-order valence-corrected chi connectivity index (χ4v) is 2.50. The zero-order chi connectivity index (χ0) is 14.4. The fraction of sp³-hybridized carbons (Fsp3) is 0.538. The van der Waals surface area contributed by atoms with Gasteiger partial charge in [0.25, 0.3) is 0 Å². The maximum absolute atomic E-state index is 12.2. The molecule has 0 saturated heterocycles. The van der Waals surface area contributed by atoms with Crippen molar-refractivity contribution >= 4 is 17.4 Å². The van der Waals surface area contributed by atoms with E-state index in [0.717, 1.165) is 25.7 Å². The van der Waals surface area contributed by atoms with Crippen molar-refractivity contribution in [3.8, 4) is 0 Å². The summed E-state index contributed by atoms with van der Waals surface area (Å²) in [6.07, 6.45) is 5.28. The van der Waals surface area contributed by atoms with Crippen LogP contribution in [0.5, 0.6) is 0 Å². The molecule has 3 N–H and O–H groups in total. The topological polar surface area (TPSA) is 117 Å². The van der Waals surface area contributed by atoms with Gasteiger partial charge in [0.15, 0.2) is 0 Å². The van der Waals surface area contributed by atoms with Gasteiger partial charge in [0, 0.05) is 22.7 Å². The maximum Gasteiger partial charge on any atom is 0.227 e. The van der Waals surface area contributed by atoms with Crippen molar-refractivity contribution in [1.82, 2.24) is 4.98 Å². The third-order valence-electron chi connectivity index (χ3n) is 3.71. The Hall–Kier alpha value is -2.11. The van der Waals surface area contributed by atoms with Gasteiger partial charge in [-0.2, -0.15) is 0 Å². The second kappa shape index (κ2) is 6.88. The van der Waals surface area contributed by atoms with Crippen LogP contribution >= 0.6 is 0 Å². The Bertz CT molecular complexity index is 517. The molecular formula is C13H18N6O. The van der Waals surface area contributed by atoms with E-state index in [1.807, 2.05) is 0 Å². The van der Waals surface area contributed by atoms with Gasteiger partial charge in [-0.05, 0) is 60.9 Å². The molecule has 106 valence electrons. The SMILES string of the molecule is [N-]=[N+]=Nc1cc(NC(=O)C2CCC(CN)CC2)ccn1. The van der Waals surface area contributed by atoms with Crippen molar-refractivity contribution in [2.75, 3.05) is 11.9 Å². The van der Waals surface area contributed by atoms with Crippen LogP contribution in [0.2, 0.25) is 0 Å². The Balaban J connectivity index is 1.94. The van der Waals surface area contributed by atoms with Gasteiger partial charge in [-0.1, -0.05) is 0 Å². The monoisotopic (exact) mass is 274 g/mol. The van der Waals surface area contributed by atoms with Crippen LogP contribution in [0.1, 0.15) is 25.7 Å². The minimum Gasteiger partial charge on any atom is -0.330 e. The molecule has 1 aromatic rings. The van der Waals surface area contributed by atoms with E-state index in [0.29, 0.717) is 18.2 Å². The quantitative estimate of drug-likeness (QED) is 0.499. The first kappa shape index (κ1) is 14.3. The van der Waals surface area contributed by atoms with Crippen LogP contribution in [0, 0.1) is 11.8 Å². The van der Waals surface area contributed by atoms with Crippen LogP contribution in [0.3, 0.4) is 0 Å². The molecule has 0 radical (unpaired) electrons. The molecule has 1 heterocycles. The molecule has 2 rings (SSSR count). The summed E-state index contributed by atoms with van der Waals surface area (Å²) >= 11 is 0. The predicted octanol–water partition coefficient (Wildman–Crippen LogP) is 2.73. The van der Waals surface area contributed by atoms with Crippen LogP contribution in [-0.2, 0) is 4.79 Å². The first-order valence-electron chi connectivity index (χ1n) is 6.75. The summed E-state index contributed by atoms with van der Waals surface area (Å²) in [5.41, 5.74) is 14.6. The van der Waals surface area contributed by atoms with Crippen molar-refractivity contribution < 1.29 is 4.79 Å². The zero-order valence-corrected chi connectivity index (χ0v) is 11.2. The highest BCUT2D eigenvalue weighted by molar-refractivity contribution is 5.92. The third-order valence-corrected chi connectivity index (χ3v) is 3.71. The Morgan fingerprint density at radius 2 is 2.25 bits per heavy atom. The van der Waals surface area contributed by atoms with E-state index in [4.69, 9.17) is 11.3 Å². The van der Waals surface area contributed by atoms with Gasteiger partial charge in [0.2, 0.25) is 5.91 Å². The highest BCUT2D eigenvalue weighted by atomic mass is 16.1. The maximum atomic E-state index is 12.2. The lowest BCUT2D eigenvalue weighted by Gasteiger charge is -2.26. The van der Waals surface area contributed by atoms with Crippen molar-refractivity contribution in [3.63, 3.8) is 0 Å². The molecule has 1 saturated carbocycles. The summed E-state index contributed by atoms with van der Waals surface area (Å²) < 4.78 is 0. The lowest BCUT2D eigenvalue weighted by atomic mass is 9.81. The lowest BCUT2D eigenvalue weighted by Crippen LogP contribution is -2.29. The number of hydrogen-bond acceptors (Lipinski definition) is 4. The smallest absolute Gasteiger partial charge is 0.227 e. The van der Waals surface area contributed by atoms with Crippen molar-refractivity contribution in [2.45, 2.75) is 25.7 Å². The number of nitrogens with zero attached hydrogens (tertiary/aromatic N) is 4. The average Bonchev–Trinajstić information content (AvgIpc) is 2.48. The number of aromatic nitrogens is 1. The van der Waals surface area contributed by atoms with Gasteiger partial charge in [-0.15, -0.1) is 0 Å². The van der Waals surface area contributed by atoms with Gasteiger partial charge < -0.3 is 11.1 Å². The fourth-order valence-electron chi connectivity index (χ4n) is 2.50. The number of anilines is 1. The molecule has 1 aliphatic rings. The first-order valence-corrected chi connectivity index (χ1v) is 6.75. The molecule has 1 amide bonds. The largest absolute Gasteiger partial charge is 0.330 e. The van der Waals surface area contributed by atoms with Crippen molar-refractivity contribution in [1.29, 1.82) is 0 Å². The van der Waals surface area contributed by atoms with E-state index < -0.39 is 0 Å². The second-order valence-corrected chi connectivity index (χ2v) is 5.03. The second-order valence-electron chi connectivity index (χ2n) is 5.03. The summed E-state index contributed by atoms with van der Waals surface area (Å²) in [5.74, 6) is 0.848. The molecule has 7 nitrogen and oxygen atoms in total. The van der Waals surface area contributed by atoms with Crippen molar-refractivity contribution in [3.05, 3.63) is 28.8 Å². The van der Waals surface area contributed by atoms with Crippen molar-refractivity contribution in [2.24, 2.45) is 22.7 Å². The molecule has 1 aromatic heterocycles. The summed E-state index contributed by atoms with van der Waals surface area (Å²) in [6.45, 7) is 0.703. The molecule has 0 aromatic carbocycles. The molecule has 1 aliphatic carbocycles. The zero-order valence-electron chi connectivity index (χ0n) is 11.2. The van der Waals surface area contributed by atoms with Gasteiger partial charge in [0.1, 0.15) is 5.82 Å². The molecular weight excluding hydrogens is 256 g/mol. The van der Waals surface area contributed by atoms with Crippen LogP contribution in [0.15, 0.2) is 23.4 Å². The number of nitrogens with one attached hydrogen (secondary N) is 1. The summed E-state index contributed by atoms with van der Waals surface area (Å²) in [7, 11) is 0. The summed E-state index contributed by atoms with van der Waals surface area (Å²) in [5, 5.41) is 6.26. The average molecular weight is 274 g/mol. The van der Waals surface area contributed by atoms with E-state index in [1.165, 1.54) is 6.20 Å². The minimum absolute atomic E-state index is 0.0126. The molecule has 0 unspecified atom stereocenters. The molecule has 20 heavy (non-hydrogen) atoms. The number of amides is 1. The van der Waals surface area contributed by atoms with Gasteiger partial charge >= 0.3 is 0 Å². The van der Waals surface area contributed by atoms with Gasteiger partial charge in [0.05, 0.1) is 0 Å². The summed E-state index contributed by atoms with van der Waals surface area (Å²) in [4.78, 5) is 18.7. The highest BCUT2D eigenvalue weighted by Gasteiger charge is 2.25. The Kier molecular flexibility index (Phi) is 4.92. The molecule has 1 fully saturated rings. The first-order chi connectivity index (χ1) is 9.72. The number of hydrogen-bond donors (Lipinski definition) is 2. The van der Waals surface area contributed by atoms with E-state index in [9.17, 15) is 4.79 Å². The number of nitrogens with two attached hydrogens (primary N) is 1. The van der Waals surface area contributed by atoms with Gasteiger partial charge in [-0.25, -0.2) is 0 Å². The number of azide groups is 1. The van der Waals surface area contributed by atoms with Crippen LogP contribution < -0.4 is 11.1 Å². The third kappa shape index (κ3) is 3.69. The van der Waals surface area contributed by atoms with Crippen LogP contribution in [0.25, 0.3) is 10.4 Å². The van der Waals surface area contributed by atoms with Crippen LogP contribution in [-0.4, -0.2) is 17.4 Å². The standard InChI is InChI=1S/C13H18N6O/c14-8-9-1-3-10(4-2-9)13(20)17-11-5-6-16-12(7-11)18-19-15/h5-7,9-10H,1-4,8,14H2,(H,16,17,20). The molecule has 0 atom stereocenters. The minimum atomic E-state index is 0.0126. The van der Waals surface area contributed by atoms with E-state index in [-0.39, 0.29) is 17.6 Å². The normalized spacial score (nSPS) is 21.9. The van der Waals surface area contributed by atoms with E-state index >= 15 is 0 Å². The number of carbonyl (C=O) groups is 1. The highest BCUT2D eigenvalue weighted by Crippen LogP contribution is 2.29. The summed E-state index contributed by atoms with van der Waals surface area (Å²) in [6, 6.07) is 3.24. The lowest BCUT2D eigenvalue weighted by molar-refractivity contribution is -0.121. The number of carbonyl (C=O) groups excluding carboxylic acids is 1. The molecule has 7 heteroatoms. The van der Waals surface area contributed by atoms with Crippen LogP contribution in [0.4, 0.5) is 11.5 Å².